The number of rotatable bonds is 6. The van der Waals surface area contributed by atoms with Gasteiger partial charge in [-0.05, 0) is 25.0 Å². The summed E-state index contributed by atoms with van der Waals surface area (Å²) in [5.74, 6) is -0.353. The van der Waals surface area contributed by atoms with Gasteiger partial charge in [0.05, 0.1) is 12.6 Å². The Kier molecular flexibility index (Phi) is 6.12. The number of hydrogen-bond acceptors (Lipinski definition) is 4. The molecule has 1 aromatic carbocycles. The predicted octanol–water partition coefficient (Wildman–Crippen LogP) is 1.05. The Morgan fingerprint density at radius 1 is 1.43 bits per heavy atom. The Bertz CT molecular complexity index is 561. The van der Waals surface area contributed by atoms with E-state index in [0.717, 1.165) is 11.1 Å². The zero-order chi connectivity index (χ0) is 16.8. The van der Waals surface area contributed by atoms with Crippen molar-refractivity contribution in [3.05, 3.63) is 35.4 Å². The third-order valence-electron chi connectivity index (χ3n) is 4.00. The van der Waals surface area contributed by atoms with Crippen LogP contribution in [0, 0.1) is 6.92 Å². The second kappa shape index (κ2) is 8.08. The van der Waals surface area contributed by atoms with Crippen molar-refractivity contribution in [2.45, 2.75) is 26.0 Å². The molecule has 0 unspecified atom stereocenters. The first-order chi connectivity index (χ1) is 11.1. The van der Waals surface area contributed by atoms with Crippen molar-refractivity contribution in [1.29, 1.82) is 0 Å². The minimum absolute atomic E-state index is 0.0809. The van der Waals surface area contributed by atoms with Gasteiger partial charge >= 0.3 is 0 Å². The van der Waals surface area contributed by atoms with Crippen LogP contribution in [0.5, 0.6) is 0 Å². The molecule has 126 valence electrons. The number of nitrogens with one attached hydrogen (secondary N) is 1. The number of hydrogen-bond donors (Lipinski definition) is 1. The zero-order valence-electron chi connectivity index (χ0n) is 13.9. The molecular weight excluding hydrogens is 296 g/mol. The maximum atomic E-state index is 12.5. The molecule has 2 atom stereocenters. The van der Waals surface area contributed by atoms with E-state index in [2.05, 4.69) is 5.32 Å². The van der Waals surface area contributed by atoms with Crippen LogP contribution in [0.2, 0.25) is 0 Å². The molecule has 1 saturated heterocycles. The quantitative estimate of drug-likeness (QED) is 0.796. The van der Waals surface area contributed by atoms with Gasteiger partial charge in [0, 0.05) is 20.2 Å². The average Bonchev–Trinajstić information content (AvgIpc) is 2.55. The van der Waals surface area contributed by atoms with Crippen LogP contribution in [0.25, 0.3) is 0 Å². The van der Waals surface area contributed by atoms with E-state index in [1.807, 2.05) is 38.1 Å². The normalized spacial score (nSPS) is 21.3. The lowest BCUT2D eigenvalue weighted by atomic mass is 9.94. The van der Waals surface area contributed by atoms with Crippen LogP contribution in [-0.2, 0) is 19.1 Å². The first-order valence-corrected chi connectivity index (χ1v) is 7.84. The monoisotopic (exact) mass is 320 g/mol. The number of benzene rings is 1. The van der Waals surface area contributed by atoms with E-state index in [9.17, 15) is 9.59 Å². The topological polar surface area (TPSA) is 67.9 Å². The molecule has 0 aliphatic carbocycles. The van der Waals surface area contributed by atoms with Gasteiger partial charge < -0.3 is 19.7 Å². The van der Waals surface area contributed by atoms with Gasteiger partial charge in [-0.3, -0.25) is 9.59 Å². The Labute approximate surface area is 136 Å². The van der Waals surface area contributed by atoms with Gasteiger partial charge in [0.1, 0.15) is 6.61 Å². The van der Waals surface area contributed by atoms with E-state index in [0.29, 0.717) is 19.8 Å². The summed E-state index contributed by atoms with van der Waals surface area (Å²) in [5.41, 5.74) is 1.95. The number of nitrogens with zero attached hydrogens (tertiary/aromatic N) is 1. The van der Waals surface area contributed by atoms with Crippen LogP contribution in [0.1, 0.15) is 24.1 Å². The highest BCUT2D eigenvalue weighted by atomic mass is 16.5. The zero-order valence-corrected chi connectivity index (χ0v) is 13.9. The molecular formula is C17H24N2O4. The lowest BCUT2D eigenvalue weighted by Crippen LogP contribution is -2.53. The van der Waals surface area contributed by atoms with E-state index < -0.39 is 12.1 Å². The van der Waals surface area contributed by atoms with Crippen molar-refractivity contribution in [1.82, 2.24) is 10.2 Å². The van der Waals surface area contributed by atoms with Crippen LogP contribution >= 0.6 is 0 Å². The number of aryl methyl sites for hydroxylation is 1. The predicted molar refractivity (Wildman–Crippen MR) is 85.9 cm³/mol. The minimum atomic E-state index is -0.722. The number of likely N-dealkylation sites (N-methyl/N-ethyl adjacent to an activating group) is 1. The second-order valence-electron chi connectivity index (χ2n) is 5.53. The summed E-state index contributed by atoms with van der Waals surface area (Å²) in [6.45, 7) is 5.28. The highest BCUT2D eigenvalue weighted by Gasteiger charge is 2.40. The summed E-state index contributed by atoms with van der Waals surface area (Å²) in [6.07, 6.45) is -0.722. The third-order valence-corrected chi connectivity index (χ3v) is 4.00. The molecule has 6 nitrogen and oxygen atoms in total. The summed E-state index contributed by atoms with van der Waals surface area (Å²) < 4.78 is 10.8. The first kappa shape index (κ1) is 17.4. The van der Waals surface area contributed by atoms with Crippen LogP contribution in [-0.4, -0.2) is 56.2 Å². The summed E-state index contributed by atoms with van der Waals surface area (Å²) in [7, 11) is 1.71. The van der Waals surface area contributed by atoms with Crippen LogP contribution in [0.3, 0.4) is 0 Å². The van der Waals surface area contributed by atoms with Gasteiger partial charge in [0.15, 0.2) is 6.10 Å². The van der Waals surface area contributed by atoms with E-state index in [1.54, 1.807) is 11.9 Å². The SMILES string of the molecule is CCOCCNC(=O)[C@H]1OCC(=O)N(C)[C@@H]1c1ccccc1C. The molecule has 0 spiro atoms. The minimum Gasteiger partial charge on any atom is -0.380 e. The van der Waals surface area contributed by atoms with E-state index in [-0.39, 0.29) is 18.4 Å². The van der Waals surface area contributed by atoms with Gasteiger partial charge in [-0.15, -0.1) is 0 Å². The Morgan fingerprint density at radius 2 is 2.17 bits per heavy atom. The molecule has 6 heteroatoms. The fraction of sp³-hybridized carbons (Fsp3) is 0.529. The molecule has 0 saturated carbocycles. The smallest absolute Gasteiger partial charge is 0.251 e. The van der Waals surface area contributed by atoms with Gasteiger partial charge in [0.25, 0.3) is 5.91 Å². The fourth-order valence-corrected chi connectivity index (χ4v) is 2.71. The van der Waals surface area contributed by atoms with Crippen molar-refractivity contribution in [3.8, 4) is 0 Å². The molecule has 0 radical (unpaired) electrons. The Morgan fingerprint density at radius 3 is 2.87 bits per heavy atom. The molecule has 2 rings (SSSR count). The summed E-state index contributed by atoms with van der Waals surface area (Å²) >= 11 is 0. The van der Waals surface area contributed by atoms with Gasteiger partial charge in [-0.25, -0.2) is 0 Å². The van der Waals surface area contributed by atoms with Gasteiger partial charge in [-0.2, -0.15) is 0 Å². The molecule has 0 bridgehead atoms. The molecule has 2 amide bonds. The highest BCUT2D eigenvalue weighted by Crippen LogP contribution is 2.31. The van der Waals surface area contributed by atoms with E-state index >= 15 is 0 Å². The highest BCUT2D eigenvalue weighted by molar-refractivity contribution is 5.86. The molecule has 1 heterocycles. The average molecular weight is 320 g/mol. The second-order valence-corrected chi connectivity index (χ2v) is 5.53. The van der Waals surface area contributed by atoms with Crippen molar-refractivity contribution < 1.29 is 19.1 Å². The maximum Gasteiger partial charge on any atom is 0.251 e. The molecule has 1 N–H and O–H groups in total. The number of carbonyl (C=O) groups excluding carboxylic acids is 2. The number of morpholine rings is 1. The number of carbonyl (C=O) groups is 2. The largest absolute Gasteiger partial charge is 0.380 e. The summed E-state index contributed by atoms with van der Waals surface area (Å²) in [4.78, 5) is 26.1. The van der Waals surface area contributed by atoms with Crippen molar-refractivity contribution >= 4 is 11.8 Å². The summed E-state index contributed by atoms with van der Waals surface area (Å²) in [6, 6.07) is 7.30. The van der Waals surface area contributed by atoms with Crippen molar-refractivity contribution in [3.63, 3.8) is 0 Å². The van der Waals surface area contributed by atoms with Crippen molar-refractivity contribution in [2.75, 3.05) is 33.4 Å². The van der Waals surface area contributed by atoms with E-state index in [4.69, 9.17) is 9.47 Å². The van der Waals surface area contributed by atoms with Crippen LogP contribution in [0.15, 0.2) is 24.3 Å². The van der Waals surface area contributed by atoms with E-state index in [1.165, 1.54) is 0 Å². The molecule has 1 fully saturated rings. The standard InChI is InChI=1S/C17H24N2O4/c1-4-22-10-9-18-17(21)16-15(19(3)14(20)11-23-16)13-8-6-5-7-12(13)2/h5-8,15-16H,4,9-11H2,1-3H3,(H,18,21)/t15-,16+/m1/s1. The van der Waals surface area contributed by atoms with Crippen LogP contribution in [0.4, 0.5) is 0 Å². The maximum absolute atomic E-state index is 12.5. The molecule has 1 aliphatic heterocycles. The molecule has 1 aromatic rings. The van der Waals surface area contributed by atoms with Crippen LogP contribution < -0.4 is 5.32 Å². The van der Waals surface area contributed by atoms with Gasteiger partial charge in [-0.1, -0.05) is 24.3 Å². The molecule has 1 aliphatic rings. The Hall–Kier alpha value is -1.92. The van der Waals surface area contributed by atoms with Gasteiger partial charge in [0.2, 0.25) is 5.91 Å². The third kappa shape index (κ3) is 4.09. The lowest BCUT2D eigenvalue weighted by molar-refractivity contribution is -0.162. The number of ether oxygens (including phenoxy) is 2. The molecule has 23 heavy (non-hydrogen) atoms. The fourth-order valence-electron chi connectivity index (χ4n) is 2.71. The number of amides is 2. The molecule has 0 aromatic heterocycles. The summed E-state index contributed by atoms with van der Waals surface area (Å²) in [5, 5.41) is 2.81. The lowest BCUT2D eigenvalue weighted by Gasteiger charge is -2.38. The van der Waals surface area contributed by atoms with Crippen molar-refractivity contribution in [2.24, 2.45) is 0 Å². The Balaban J connectivity index is 2.17. The first-order valence-electron chi connectivity index (χ1n) is 7.84.